The summed E-state index contributed by atoms with van der Waals surface area (Å²) in [5.41, 5.74) is 2.34. The van der Waals surface area contributed by atoms with E-state index in [1.54, 1.807) is 11.2 Å². The van der Waals surface area contributed by atoms with Crippen LogP contribution >= 0.6 is 23.1 Å². The SMILES string of the molecule is Cc1ccc(CN(C)C(=O)CSc2nnc(NCc3ccco3)s2)cc1. The first-order valence-corrected chi connectivity index (χ1v) is 9.92. The standard InChI is InChI=1S/C18H20N4O2S2/c1-13-5-7-14(8-6-13)11-22(2)16(23)12-25-18-21-20-17(26-18)19-10-15-4-3-9-24-15/h3-9H,10-12H2,1-2H3,(H,19,20). The summed E-state index contributed by atoms with van der Waals surface area (Å²) in [6.45, 7) is 3.21. The first kappa shape index (κ1) is 18.5. The Morgan fingerprint density at radius 3 is 2.81 bits per heavy atom. The van der Waals surface area contributed by atoms with Gasteiger partial charge >= 0.3 is 0 Å². The number of carbonyl (C=O) groups excluding carboxylic acids is 1. The van der Waals surface area contributed by atoms with Gasteiger partial charge < -0.3 is 14.6 Å². The van der Waals surface area contributed by atoms with Crippen molar-refractivity contribution >= 4 is 34.1 Å². The zero-order chi connectivity index (χ0) is 18.4. The zero-order valence-corrected chi connectivity index (χ0v) is 16.3. The van der Waals surface area contributed by atoms with Crippen molar-refractivity contribution in [1.82, 2.24) is 15.1 Å². The first-order valence-electron chi connectivity index (χ1n) is 8.12. The van der Waals surface area contributed by atoms with Gasteiger partial charge in [0.1, 0.15) is 5.76 Å². The van der Waals surface area contributed by atoms with Crippen LogP contribution in [0.2, 0.25) is 0 Å². The molecule has 0 fully saturated rings. The smallest absolute Gasteiger partial charge is 0.233 e. The molecule has 136 valence electrons. The molecule has 0 aliphatic carbocycles. The molecule has 8 heteroatoms. The van der Waals surface area contributed by atoms with E-state index in [0.717, 1.165) is 15.7 Å². The number of rotatable bonds is 8. The van der Waals surface area contributed by atoms with Crippen molar-refractivity contribution in [2.45, 2.75) is 24.4 Å². The number of furan rings is 1. The fourth-order valence-electron chi connectivity index (χ4n) is 2.20. The number of benzene rings is 1. The minimum atomic E-state index is 0.0656. The van der Waals surface area contributed by atoms with Crippen LogP contribution in [-0.2, 0) is 17.9 Å². The Balaban J connectivity index is 1.44. The topological polar surface area (TPSA) is 71.3 Å². The van der Waals surface area contributed by atoms with E-state index in [4.69, 9.17) is 4.42 Å². The minimum Gasteiger partial charge on any atom is -0.467 e. The molecule has 1 aromatic carbocycles. The molecule has 0 radical (unpaired) electrons. The Labute approximate surface area is 160 Å². The zero-order valence-electron chi connectivity index (χ0n) is 14.6. The van der Waals surface area contributed by atoms with Crippen LogP contribution in [0.3, 0.4) is 0 Å². The normalized spacial score (nSPS) is 10.7. The second-order valence-electron chi connectivity index (χ2n) is 5.83. The van der Waals surface area contributed by atoms with Crippen LogP contribution in [0.4, 0.5) is 5.13 Å². The third kappa shape index (κ3) is 5.34. The fourth-order valence-corrected chi connectivity index (χ4v) is 3.89. The van der Waals surface area contributed by atoms with Crippen LogP contribution in [-0.4, -0.2) is 33.8 Å². The molecule has 3 aromatic rings. The highest BCUT2D eigenvalue weighted by atomic mass is 32.2. The van der Waals surface area contributed by atoms with Crippen LogP contribution in [0.15, 0.2) is 51.4 Å². The van der Waals surface area contributed by atoms with Crippen LogP contribution in [0.5, 0.6) is 0 Å². The lowest BCUT2D eigenvalue weighted by Gasteiger charge is -2.16. The van der Waals surface area contributed by atoms with Gasteiger partial charge in [0.25, 0.3) is 0 Å². The maximum Gasteiger partial charge on any atom is 0.233 e. The molecule has 0 aliphatic rings. The number of anilines is 1. The molecular formula is C18H20N4O2S2. The third-order valence-corrected chi connectivity index (χ3v) is 5.68. The van der Waals surface area contributed by atoms with E-state index in [2.05, 4.69) is 34.6 Å². The van der Waals surface area contributed by atoms with E-state index in [9.17, 15) is 4.79 Å². The number of thioether (sulfide) groups is 1. The van der Waals surface area contributed by atoms with Crippen LogP contribution in [0.25, 0.3) is 0 Å². The average Bonchev–Trinajstić information content (AvgIpc) is 3.31. The number of aryl methyl sites for hydroxylation is 1. The summed E-state index contributed by atoms with van der Waals surface area (Å²) in [4.78, 5) is 14.0. The number of aromatic nitrogens is 2. The highest BCUT2D eigenvalue weighted by Gasteiger charge is 2.12. The van der Waals surface area contributed by atoms with Gasteiger partial charge in [0.05, 0.1) is 18.6 Å². The Morgan fingerprint density at radius 1 is 1.27 bits per heavy atom. The molecule has 26 heavy (non-hydrogen) atoms. The summed E-state index contributed by atoms with van der Waals surface area (Å²) in [5, 5.41) is 12.1. The number of nitrogens with one attached hydrogen (secondary N) is 1. The van der Waals surface area contributed by atoms with Crippen molar-refractivity contribution < 1.29 is 9.21 Å². The lowest BCUT2D eigenvalue weighted by Crippen LogP contribution is -2.27. The molecule has 6 nitrogen and oxygen atoms in total. The Kier molecular flexibility index (Phi) is 6.30. The number of hydrogen-bond donors (Lipinski definition) is 1. The summed E-state index contributed by atoms with van der Waals surface area (Å²) in [6, 6.07) is 12.0. The van der Waals surface area contributed by atoms with Crippen molar-refractivity contribution in [3.05, 3.63) is 59.5 Å². The van der Waals surface area contributed by atoms with Gasteiger partial charge in [-0.15, -0.1) is 10.2 Å². The number of hydrogen-bond acceptors (Lipinski definition) is 7. The van der Waals surface area contributed by atoms with Crippen molar-refractivity contribution in [3.63, 3.8) is 0 Å². The van der Waals surface area contributed by atoms with Crippen molar-refractivity contribution in [3.8, 4) is 0 Å². The summed E-state index contributed by atoms with van der Waals surface area (Å²) in [5.74, 6) is 1.24. The van der Waals surface area contributed by atoms with E-state index >= 15 is 0 Å². The lowest BCUT2D eigenvalue weighted by atomic mass is 10.1. The molecule has 0 atom stereocenters. The predicted molar refractivity (Wildman–Crippen MR) is 104 cm³/mol. The Bertz CT molecular complexity index is 831. The minimum absolute atomic E-state index is 0.0656. The predicted octanol–water partition coefficient (Wildman–Crippen LogP) is 3.80. The molecular weight excluding hydrogens is 368 g/mol. The molecule has 0 saturated carbocycles. The summed E-state index contributed by atoms with van der Waals surface area (Å²) in [6.07, 6.45) is 1.64. The third-order valence-electron chi connectivity index (χ3n) is 3.69. The molecule has 1 N–H and O–H groups in total. The van der Waals surface area contributed by atoms with Gasteiger partial charge in [-0.1, -0.05) is 52.9 Å². The van der Waals surface area contributed by atoms with Gasteiger partial charge in [-0.3, -0.25) is 4.79 Å². The van der Waals surface area contributed by atoms with E-state index in [1.807, 2.05) is 31.3 Å². The van der Waals surface area contributed by atoms with Crippen LogP contribution in [0, 0.1) is 6.92 Å². The van der Waals surface area contributed by atoms with Crippen molar-refractivity contribution in [2.75, 3.05) is 18.1 Å². The summed E-state index contributed by atoms with van der Waals surface area (Å²) < 4.78 is 6.03. The molecule has 0 bridgehead atoms. The summed E-state index contributed by atoms with van der Waals surface area (Å²) >= 11 is 2.84. The maximum atomic E-state index is 12.3. The van der Waals surface area contributed by atoms with Gasteiger partial charge in [0, 0.05) is 13.6 Å². The average molecular weight is 389 g/mol. The van der Waals surface area contributed by atoms with Gasteiger partial charge in [-0.2, -0.15) is 0 Å². The molecule has 0 saturated heterocycles. The van der Waals surface area contributed by atoms with E-state index in [-0.39, 0.29) is 5.91 Å². The van der Waals surface area contributed by atoms with E-state index in [0.29, 0.717) is 24.0 Å². The lowest BCUT2D eigenvalue weighted by molar-refractivity contribution is -0.127. The van der Waals surface area contributed by atoms with Gasteiger partial charge in [0.15, 0.2) is 4.34 Å². The molecule has 1 amide bonds. The van der Waals surface area contributed by atoms with Crippen LogP contribution in [0.1, 0.15) is 16.9 Å². The largest absolute Gasteiger partial charge is 0.467 e. The monoisotopic (exact) mass is 388 g/mol. The molecule has 0 unspecified atom stereocenters. The Hall–Kier alpha value is -2.32. The van der Waals surface area contributed by atoms with Gasteiger partial charge in [0.2, 0.25) is 11.0 Å². The summed E-state index contributed by atoms with van der Waals surface area (Å²) in [7, 11) is 1.82. The highest BCUT2D eigenvalue weighted by Crippen LogP contribution is 2.26. The first-order chi connectivity index (χ1) is 12.6. The van der Waals surface area contributed by atoms with E-state index in [1.165, 1.54) is 28.7 Å². The number of amides is 1. The second-order valence-corrected chi connectivity index (χ2v) is 8.03. The number of nitrogens with zero attached hydrogens (tertiary/aromatic N) is 3. The molecule has 0 spiro atoms. The van der Waals surface area contributed by atoms with Crippen molar-refractivity contribution in [1.29, 1.82) is 0 Å². The van der Waals surface area contributed by atoms with Crippen molar-refractivity contribution in [2.24, 2.45) is 0 Å². The second kappa shape index (κ2) is 8.86. The fraction of sp³-hybridized carbons (Fsp3) is 0.278. The molecule has 3 rings (SSSR count). The molecule has 2 heterocycles. The Morgan fingerprint density at radius 2 is 2.08 bits per heavy atom. The van der Waals surface area contributed by atoms with Crippen LogP contribution < -0.4 is 5.32 Å². The number of carbonyl (C=O) groups is 1. The highest BCUT2D eigenvalue weighted by molar-refractivity contribution is 8.01. The quantitative estimate of drug-likeness (QED) is 0.592. The molecule has 2 aromatic heterocycles. The van der Waals surface area contributed by atoms with Gasteiger partial charge in [-0.05, 0) is 24.6 Å². The van der Waals surface area contributed by atoms with Gasteiger partial charge in [-0.25, -0.2) is 0 Å². The van der Waals surface area contributed by atoms with E-state index < -0.39 is 0 Å². The maximum absolute atomic E-state index is 12.3. The molecule has 0 aliphatic heterocycles.